The van der Waals surface area contributed by atoms with Crippen molar-refractivity contribution in [3.8, 4) is 0 Å². The van der Waals surface area contributed by atoms with Gasteiger partial charge in [0.05, 0.1) is 24.1 Å². The molecule has 1 aromatic rings. The van der Waals surface area contributed by atoms with Crippen LogP contribution in [0.15, 0.2) is 65.5 Å². The topological polar surface area (TPSA) is 88.1 Å². The Morgan fingerprint density at radius 3 is 2.56 bits per heavy atom. The summed E-state index contributed by atoms with van der Waals surface area (Å²) in [5.41, 5.74) is 0.863. The van der Waals surface area contributed by atoms with Gasteiger partial charge in [0.1, 0.15) is 0 Å². The number of thioether (sulfide) groups is 1. The molecule has 0 aliphatic carbocycles. The number of nitrogens with zero attached hydrogens (tertiary/aromatic N) is 2. The molecule has 0 bridgehead atoms. The quantitative estimate of drug-likeness (QED) is 0.443. The van der Waals surface area contributed by atoms with Crippen molar-refractivity contribution in [1.82, 2.24) is 4.90 Å². The van der Waals surface area contributed by atoms with Gasteiger partial charge in [0.15, 0.2) is 5.17 Å². The summed E-state index contributed by atoms with van der Waals surface area (Å²) >= 11 is 1.12. The number of amides is 2. The fraction of sp³-hybridized carbons (Fsp3) is 0.158. The van der Waals surface area contributed by atoms with Crippen LogP contribution in [0.4, 0.5) is 5.69 Å². The molecule has 27 heavy (non-hydrogen) atoms. The van der Waals surface area contributed by atoms with Gasteiger partial charge in [0, 0.05) is 18.3 Å². The van der Waals surface area contributed by atoms with Crippen molar-refractivity contribution in [2.24, 2.45) is 4.99 Å². The Morgan fingerprint density at radius 1 is 1.26 bits per heavy atom. The molecule has 0 radical (unpaired) electrons. The molecule has 1 saturated heterocycles. The fourth-order valence-electron chi connectivity index (χ4n) is 2.16. The van der Waals surface area contributed by atoms with E-state index in [0.29, 0.717) is 29.5 Å². The third-order valence-corrected chi connectivity index (χ3v) is 4.44. The second kappa shape index (κ2) is 9.54. The maximum atomic E-state index is 12.5. The summed E-state index contributed by atoms with van der Waals surface area (Å²) in [7, 11) is 1.29. The first kappa shape index (κ1) is 20.2. The normalized spacial score (nSPS) is 16.5. The van der Waals surface area contributed by atoms with E-state index in [2.05, 4.69) is 28.2 Å². The van der Waals surface area contributed by atoms with Gasteiger partial charge in [-0.3, -0.25) is 19.5 Å². The summed E-state index contributed by atoms with van der Waals surface area (Å²) < 4.78 is 4.62. The number of carbonyl (C=O) groups is 3. The molecule has 0 spiro atoms. The highest BCUT2D eigenvalue weighted by molar-refractivity contribution is 8.18. The molecule has 0 aromatic heterocycles. The molecule has 2 rings (SSSR count). The molecule has 1 heterocycles. The lowest BCUT2D eigenvalue weighted by atomic mass is 10.2. The van der Waals surface area contributed by atoms with Crippen LogP contribution in [0, 0.1) is 0 Å². The van der Waals surface area contributed by atoms with Crippen molar-refractivity contribution in [1.29, 1.82) is 0 Å². The minimum Gasteiger partial charge on any atom is -0.465 e. The standard InChI is InChI=1S/C19H19N3O4S/c1-4-10-20-19-22(11-5-2)17(24)15(27-19)12-16(23)21-14-8-6-13(7-9-14)18(25)26-3/h4-9,12H,1-2,10-11H2,3H3,(H,21,23)/b15-12-,20-19?. The number of hydrogen-bond acceptors (Lipinski definition) is 6. The van der Waals surface area contributed by atoms with E-state index in [9.17, 15) is 14.4 Å². The van der Waals surface area contributed by atoms with Crippen molar-refractivity contribution in [3.05, 3.63) is 66.1 Å². The maximum absolute atomic E-state index is 12.5. The lowest BCUT2D eigenvalue weighted by Crippen LogP contribution is -2.29. The molecule has 0 unspecified atom stereocenters. The van der Waals surface area contributed by atoms with Crippen LogP contribution in [0.1, 0.15) is 10.4 Å². The average Bonchev–Trinajstić information content (AvgIpc) is 2.95. The summed E-state index contributed by atoms with van der Waals surface area (Å²) in [5.74, 6) is -1.23. The number of hydrogen-bond donors (Lipinski definition) is 1. The van der Waals surface area contributed by atoms with Crippen molar-refractivity contribution in [2.75, 3.05) is 25.5 Å². The molecular weight excluding hydrogens is 366 g/mol. The summed E-state index contributed by atoms with van der Waals surface area (Å²) in [6.45, 7) is 7.90. The molecule has 1 fully saturated rings. The molecule has 0 atom stereocenters. The lowest BCUT2D eigenvalue weighted by molar-refractivity contribution is -0.122. The highest BCUT2D eigenvalue weighted by Gasteiger charge is 2.32. The van der Waals surface area contributed by atoms with Crippen LogP contribution < -0.4 is 5.32 Å². The Morgan fingerprint density at radius 2 is 1.96 bits per heavy atom. The van der Waals surface area contributed by atoms with Gasteiger partial charge in [0.25, 0.3) is 5.91 Å². The summed E-state index contributed by atoms with van der Waals surface area (Å²) in [5, 5.41) is 3.15. The molecule has 140 valence electrons. The zero-order chi connectivity index (χ0) is 19.8. The van der Waals surface area contributed by atoms with E-state index in [-0.39, 0.29) is 10.8 Å². The number of methoxy groups -OCH3 is 1. The molecule has 0 saturated carbocycles. The Balaban J connectivity index is 2.11. The number of ether oxygens (including phenoxy) is 1. The number of benzene rings is 1. The SMILES string of the molecule is C=CCN=C1S/C(=C\C(=O)Nc2ccc(C(=O)OC)cc2)C(=O)N1CC=C. The second-order valence-corrected chi connectivity index (χ2v) is 6.29. The van der Waals surface area contributed by atoms with Crippen LogP contribution >= 0.6 is 11.8 Å². The zero-order valence-electron chi connectivity index (χ0n) is 14.8. The van der Waals surface area contributed by atoms with Gasteiger partial charge in [-0.15, -0.1) is 13.2 Å². The van der Waals surface area contributed by atoms with Crippen LogP contribution in [-0.4, -0.2) is 48.1 Å². The first-order valence-electron chi connectivity index (χ1n) is 7.97. The number of rotatable bonds is 7. The van der Waals surface area contributed by atoms with Crippen molar-refractivity contribution < 1.29 is 19.1 Å². The predicted octanol–water partition coefficient (Wildman–Crippen LogP) is 2.60. The molecule has 1 N–H and O–H groups in total. The molecule has 2 amide bonds. The third-order valence-electron chi connectivity index (χ3n) is 3.39. The van der Waals surface area contributed by atoms with E-state index in [4.69, 9.17) is 0 Å². The van der Waals surface area contributed by atoms with Crippen molar-refractivity contribution in [3.63, 3.8) is 0 Å². The number of nitrogens with one attached hydrogen (secondary N) is 1. The van der Waals surface area contributed by atoms with Gasteiger partial charge in [-0.05, 0) is 36.0 Å². The maximum Gasteiger partial charge on any atom is 0.337 e. The number of anilines is 1. The van der Waals surface area contributed by atoms with Crippen LogP contribution in [0.2, 0.25) is 0 Å². The largest absolute Gasteiger partial charge is 0.465 e. The molecule has 1 aliphatic heterocycles. The average molecular weight is 385 g/mol. The Bertz CT molecular complexity index is 828. The monoisotopic (exact) mass is 385 g/mol. The third kappa shape index (κ3) is 5.18. The van der Waals surface area contributed by atoms with Gasteiger partial charge in [-0.25, -0.2) is 4.79 Å². The summed E-state index contributed by atoms with van der Waals surface area (Å²) in [6.07, 6.45) is 4.44. The van der Waals surface area contributed by atoms with Crippen LogP contribution in [0.5, 0.6) is 0 Å². The van der Waals surface area contributed by atoms with Gasteiger partial charge in [-0.1, -0.05) is 12.2 Å². The summed E-state index contributed by atoms with van der Waals surface area (Å²) in [4.78, 5) is 42.1. The zero-order valence-corrected chi connectivity index (χ0v) is 15.6. The van der Waals surface area contributed by atoms with Gasteiger partial charge < -0.3 is 10.1 Å². The molecule has 7 nitrogen and oxygen atoms in total. The van der Waals surface area contributed by atoms with Crippen LogP contribution in [0.25, 0.3) is 0 Å². The molecular formula is C19H19N3O4S. The second-order valence-electron chi connectivity index (χ2n) is 5.29. The Hall–Kier alpha value is -3.13. The van der Waals surface area contributed by atoms with Crippen LogP contribution in [0.3, 0.4) is 0 Å². The van der Waals surface area contributed by atoms with E-state index in [1.165, 1.54) is 30.2 Å². The molecule has 1 aliphatic rings. The van der Waals surface area contributed by atoms with E-state index in [1.54, 1.807) is 24.3 Å². The minimum atomic E-state index is -0.461. The Kier molecular flexibility index (Phi) is 7.13. The van der Waals surface area contributed by atoms with E-state index >= 15 is 0 Å². The van der Waals surface area contributed by atoms with Crippen LogP contribution in [-0.2, 0) is 14.3 Å². The molecule has 1 aromatic carbocycles. The number of amidine groups is 1. The van der Waals surface area contributed by atoms with E-state index in [0.717, 1.165) is 11.8 Å². The van der Waals surface area contributed by atoms with Crippen molar-refractivity contribution >= 4 is 40.4 Å². The van der Waals surface area contributed by atoms with Gasteiger partial charge in [-0.2, -0.15) is 0 Å². The lowest BCUT2D eigenvalue weighted by Gasteiger charge is -2.12. The van der Waals surface area contributed by atoms with Gasteiger partial charge in [0.2, 0.25) is 5.91 Å². The predicted molar refractivity (Wildman–Crippen MR) is 106 cm³/mol. The fourth-order valence-corrected chi connectivity index (χ4v) is 3.13. The summed E-state index contributed by atoms with van der Waals surface area (Å²) in [6, 6.07) is 6.23. The number of esters is 1. The smallest absolute Gasteiger partial charge is 0.337 e. The number of carbonyl (C=O) groups excluding carboxylic acids is 3. The first-order valence-corrected chi connectivity index (χ1v) is 8.78. The first-order chi connectivity index (χ1) is 13.0. The van der Waals surface area contributed by atoms with E-state index in [1.807, 2.05) is 0 Å². The molecule has 8 heteroatoms. The van der Waals surface area contributed by atoms with Crippen molar-refractivity contribution in [2.45, 2.75) is 0 Å². The highest BCUT2D eigenvalue weighted by atomic mass is 32.2. The highest BCUT2D eigenvalue weighted by Crippen LogP contribution is 2.30. The number of aliphatic imine (C=N–C) groups is 1. The van der Waals surface area contributed by atoms with Gasteiger partial charge >= 0.3 is 5.97 Å². The minimum absolute atomic E-state index is 0.267. The Labute approximate surface area is 161 Å². The van der Waals surface area contributed by atoms with E-state index < -0.39 is 11.9 Å².